The van der Waals surface area contributed by atoms with Crippen LogP contribution in [-0.4, -0.2) is 19.5 Å². The van der Waals surface area contributed by atoms with Crippen molar-refractivity contribution in [2.75, 3.05) is 13.2 Å². The summed E-state index contributed by atoms with van der Waals surface area (Å²) in [5.41, 5.74) is 0. The summed E-state index contributed by atoms with van der Waals surface area (Å²) in [7, 11) is 0. The summed E-state index contributed by atoms with van der Waals surface area (Å²) in [6.45, 7) is 7.28. The van der Waals surface area contributed by atoms with Crippen LogP contribution in [0.5, 0.6) is 0 Å². The SMILES string of the molecule is CC/C=C/CCC#CC(OCC)OCC. The Morgan fingerprint density at radius 2 is 1.73 bits per heavy atom. The standard InChI is InChI=1S/C13H22O2/c1-4-7-8-9-10-11-12-13(14-5-2)15-6-3/h7-8,13H,4-6,9-10H2,1-3H3/b8-7+. The van der Waals surface area contributed by atoms with E-state index in [2.05, 4.69) is 30.9 Å². The van der Waals surface area contributed by atoms with E-state index in [4.69, 9.17) is 9.47 Å². The Hall–Kier alpha value is -0.780. The predicted molar refractivity (Wildman–Crippen MR) is 63.5 cm³/mol. The van der Waals surface area contributed by atoms with E-state index in [1.54, 1.807) is 0 Å². The lowest BCUT2D eigenvalue weighted by Gasteiger charge is -2.09. The van der Waals surface area contributed by atoms with Gasteiger partial charge in [0.15, 0.2) is 0 Å². The molecule has 0 saturated carbocycles. The first kappa shape index (κ1) is 14.2. The van der Waals surface area contributed by atoms with E-state index in [1.165, 1.54) is 0 Å². The minimum absolute atomic E-state index is 0.352. The van der Waals surface area contributed by atoms with Gasteiger partial charge in [-0.25, -0.2) is 0 Å². The second kappa shape index (κ2) is 11.3. The number of unbranched alkanes of at least 4 members (excludes halogenated alkanes) is 1. The van der Waals surface area contributed by atoms with Crippen molar-refractivity contribution in [3.05, 3.63) is 12.2 Å². The molecule has 0 rings (SSSR count). The van der Waals surface area contributed by atoms with Crippen LogP contribution in [0.4, 0.5) is 0 Å². The lowest BCUT2D eigenvalue weighted by molar-refractivity contribution is -0.0970. The maximum atomic E-state index is 5.30. The third-order valence-corrected chi connectivity index (χ3v) is 1.69. The van der Waals surface area contributed by atoms with Crippen LogP contribution in [-0.2, 0) is 9.47 Å². The van der Waals surface area contributed by atoms with Gasteiger partial charge >= 0.3 is 0 Å². The number of hydrogen-bond acceptors (Lipinski definition) is 2. The molecule has 0 aliphatic rings. The van der Waals surface area contributed by atoms with Crippen molar-refractivity contribution in [1.82, 2.24) is 0 Å². The zero-order valence-corrected chi connectivity index (χ0v) is 10.1. The molecule has 15 heavy (non-hydrogen) atoms. The number of hydrogen-bond donors (Lipinski definition) is 0. The van der Waals surface area contributed by atoms with Crippen LogP contribution in [0.1, 0.15) is 40.0 Å². The molecule has 86 valence electrons. The maximum Gasteiger partial charge on any atom is 0.222 e. The van der Waals surface area contributed by atoms with E-state index >= 15 is 0 Å². The summed E-state index contributed by atoms with van der Waals surface area (Å²) in [4.78, 5) is 0. The van der Waals surface area contributed by atoms with Gasteiger partial charge in [-0.3, -0.25) is 0 Å². The second-order valence-corrected chi connectivity index (χ2v) is 2.98. The van der Waals surface area contributed by atoms with Crippen LogP contribution < -0.4 is 0 Å². The Kier molecular flexibility index (Phi) is 10.7. The highest BCUT2D eigenvalue weighted by Crippen LogP contribution is 1.95. The van der Waals surface area contributed by atoms with Gasteiger partial charge in [-0.15, -0.1) is 0 Å². The van der Waals surface area contributed by atoms with Crippen molar-refractivity contribution < 1.29 is 9.47 Å². The summed E-state index contributed by atoms with van der Waals surface area (Å²) in [5, 5.41) is 0. The van der Waals surface area contributed by atoms with Gasteiger partial charge in [0.1, 0.15) is 0 Å². The molecule has 2 heteroatoms. The van der Waals surface area contributed by atoms with Gasteiger partial charge in [-0.2, -0.15) is 0 Å². The number of allylic oxidation sites excluding steroid dienone is 2. The Labute approximate surface area is 93.7 Å². The molecule has 0 aliphatic heterocycles. The summed E-state index contributed by atoms with van der Waals surface area (Å²) in [6.07, 6.45) is 6.93. The molecule has 0 aromatic rings. The van der Waals surface area contributed by atoms with E-state index in [9.17, 15) is 0 Å². The lowest BCUT2D eigenvalue weighted by Crippen LogP contribution is -2.14. The molecule has 0 heterocycles. The third kappa shape index (κ3) is 9.52. The Bertz CT molecular complexity index is 204. The largest absolute Gasteiger partial charge is 0.342 e. The van der Waals surface area contributed by atoms with Crippen LogP contribution in [0.25, 0.3) is 0 Å². The first-order chi connectivity index (χ1) is 7.35. The highest BCUT2D eigenvalue weighted by Gasteiger charge is 2.00. The smallest absolute Gasteiger partial charge is 0.222 e. The average Bonchev–Trinajstić information content (AvgIpc) is 2.24. The van der Waals surface area contributed by atoms with Crippen molar-refractivity contribution in [1.29, 1.82) is 0 Å². The van der Waals surface area contributed by atoms with Gasteiger partial charge in [-0.1, -0.05) is 25.0 Å². The summed E-state index contributed by atoms with van der Waals surface area (Å²) in [5.74, 6) is 6.03. The van der Waals surface area contributed by atoms with Gasteiger partial charge in [0.05, 0.1) is 0 Å². The average molecular weight is 210 g/mol. The summed E-state index contributed by atoms with van der Waals surface area (Å²) < 4.78 is 10.6. The highest BCUT2D eigenvalue weighted by atomic mass is 16.7. The molecule has 0 unspecified atom stereocenters. The van der Waals surface area contributed by atoms with Gasteiger partial charge < -0.3 is 9.47 Å². The topological polar surface area (TPSA) is 18.5 Å². The molecular formula is C13H22O2. The van der Waals surface area contributed by atoms with Crippen molar-refractivity contribution in [3.63, 3.8) is 0 Å². The molecule has 0 spiro atoms. The van der Waals surface area contributed by atoms with Crippen LogP contribution in [0.15, 0.2) is 12.2 Å². The molecule has 0 aromatic carbocycles. The maximum absolute atomic E-state index is 5.30. The normalized spacial score (nSPS) is 10.7. The summed E-state index contributed by atoms with van der Waals surface area (Å²) >= 11 is 0. The molecule has 0 bridgehead atoms. The van der Waals surface area contributed by atoms with Gasteiger partial charge in [-0.05, 0) is 32.6 Å². The van der Waals surface area contributed by atoms with E-state index < -0.39 is 0 Å². The molecule has 0 N–H and O–H groups in total. The van der Waals surface area contributed by atoms with Crippen LogP contribution >= 0.6 is 0 Å². The fraction of sp³-hybridized carbons (Fsp3) is 0.692. The van der Waals surface area contributed by atoms with Gasteiger partial charge in [0.2, 0.25) is 6.29 Å². The minimum Gasteiger partial charge on any atom is -0.342 e. The van der Waals surface area contributed by atoms with E-state index in [-0.39, 0.29) is 6.29 Å². The van der Waals surface area contributed by atoms with E-state index in [0.29, 0.717) is 13.2 Å². The Balaban J connectivity index is 3.73. The van der Waals surface area contributed by atoms with Crippen molar-refractivity contribution in [2.45, 2.75) is 46.3 Å². The van der Waals surface area contributed by atoms with Crippen LogP contribution in [0, 0.1) is 11.8 Å². The molecule has 0 amide bonds. The first-order valence-electron chi connectivity index (χ1n) is 5.71. The molecule has 0 atom stereocenters. The van der Waals surface area contributed by atoms with E-state index in [1.807, 2.05) is 13.8 Å². The molecule has 2 nitrogen and oxygen atoms in total. The fourth-order valence-corrected chi connectivity index (χ4v) is 1.03. The zero-order chi connectivity index (χ0) is 11.4. The molecular weight excluding hydrogens is 188 g/mol. The number of rotatable bonds is 7. The monoisotopic (exact) mass is 210 g/mol. The minimum atomic E-state index is -0.352. The molecule has 0 aromatic heterocycles. The fourth-order valence-electron chi connectivity index (χ4n) is 1.03. The molecule has 0 fully saturated rings. The van der Waals surface area contributed by atoms with Gasteiger partial charge in [0.25, 0.3) is 0 Å². The van der Waals surface area contributed by atoms with Crippen molar-refractivity contribution >= 4 is 0 Å². The molecule has 0 aliphatic carbocycles. The van der Waals surface area contributed by atoms with Crippen LogP contribution in [0.2, 0.25) is 0 Å². The van der Waals surface area contributed by atoms with Crippen molar-refractivity contribution in [2.24, 2.45) is 0 Å². The van der Waals surface area contributed by atoms with Crippen molar-refractivity contribution in [3.8, 4) is 11.8 Å². The quantitative estimate of drug-likeness (QED) is 0.278. The second-order valence-electron chi connectivity index (χ2n) is 2.98. The third-order valence-electron chi connectivity index (χ3n) is 1.69. The Morgan fingerprint density at radius 3 is 2.27 bits per heavy atom. The zero-order valence-electron chi connectivity index (χ0n) is 10.1. The first-order valence-corrected chi connectivity index (χ1v) is 5.71. The lowest BCUT2D eigenvalue weighted by atomic mass is 10.3. The van der Waals surface area contributed by atoms with E-state index in [0.717, 1.165) is 19.3 Å². The number of ether oxygens (including phenoxy) is 2. The molecule has 0 radical (unpaired) electrons. The highest BCUT2D eigenvalue weighted by molar-refractivity contribution is 5.03. The molecule has 0 saturated heterocycles. The predicted octanol–water partition coefficient (Wildman–Crippen LogP) is 3.14. The van der Waals surface area contributed by atoms with Gasteiger partial charge in [0, 0.05) is 19.6 Å². The summed E-state index contributed by atoms with van der Waals surface area (Å²) in [6, 6.07) is 0. The Morgan fingerprint density at radius 1 is 1.07 bits per heavy atom. The van der Waals surface area contributed by atoms with Crippen LogP contribution in [0.3, 0.4) is 0 Å².